The van der Waals surface area contributed by atoms with E-state index in [2.05, 4.69) is 39.5 Å². The van der Waals surface area contributed by atoms with Gasteiger partial charge in [0.2, 0.25) is 0 Å². The first-order chi connectivity index (χ1) is 8.09. The summed E-state index contributed by atoms with van der Waals surface area (Å²) in [5.41, 5.74) is 0. The van der Waals surface area contributed by atoms with E-state index in [9.17, 15) is 0 Å². The summed E-state index contributed by atoms with van der Waals surface area (Å²) in [5, 5.41) is 0. The molecular weight excluding hydrogens is 206 g/mol. The largest absolute Gasteiger partial charge is 0.299 e. The highest BCUT2D eigenvalue weighted by atomic mass is 15.2. The maximum Gasteiger partial charge on any atom is 0.00412 e. The molecule has 0 aromatic heterocycles. The second kappa shape index (κ2) is 11.1. The molecule has 0 aliphatic carbocycles. The van der Waals surface area contributed by atoms with Gasteiger partial charge < -0.3 is 0 Å². The molecule has 1 nitrogen and oxygen atoms in total. The van der Waals surface area contributed by atoms with Crippen LogP contribution in [-0.2, 0) is 0 Å². The first-order valence-electron chi connectivity index (χ1n) is 7.85. The highest BCUT2D eigenvalue weighted by molar-refractivity contribution is 4.66. The Balaban J connectivity index is 3.37. The van der Waals surface area contributed by atoms with Crippen molar-refractivity contribution in [1.29, 1.82) is 0 Å². The Bertz CT molecular complexity index is 144. The van der Waals surface area contributed by atoms with Crippen molar-refractivity contribution in [3.8, 4) is 0 Å². The zero-order valence-corrected chi connectivity index (χ0v) is 13.0. The predicted molar refractivity (Wildman–Crippen MR) is 79.6 cm³/mol. The van der Waals surface area contributed by atoms with E-state index in [4.69, 9.17) is 0 Å². The number of rotatable bonds is 11. The maximum atomic E-state index is 2.61. The molecule has 0 atom stereocenters. The number of hydrogen-bond donors (Lipinski definition) is 0. The molecule has 0 amide bonds. The van der Waals surface area contributed by atoms with Gasteiger partial charge in [0.25, 0.3) is 0 Å². The van der Waals surface area contributed by atoms with Crippen molar-refractivity contribution in [2.24, 2.45) is 0 Å². The second-order valence-corrected chi connectivity index (χ2v) is 5.90. The quantitative estimate of drug-likeness (QED) is 0.447. The van der Waals surface area contributed by atoms with Crippen LogP contribution in [0.25, 0.3) is 0 Å². The molecule has 0 radical (unpaired) electrons. The summed E-state index contributed by atoms with van der Waals surface area (Å²) in [7, 11) is 0. The summed E-state index contributed by atoms with van der Waals surface area (Å²) in [6, 6.07) is 1.39. The highest BCUT2D eigenvalue weighted by Crippen LogP contribution is 2.11. The Kier molecular flexibility index (Phi) is 11.0. The molecule has 0 bridgehead atoms. The Hall–Kier alpha value is -0.0400. The van der Waals surface area contributed by atoms with Gasteiger partial charge in [-0.05, 0) is 40.7 Å². The molecule has 0 aromatic carbocycles. The van der Waals surface area contributed by atoms with Gasteiger partial charge in [0, 0.05) is 12.1 Å². The van der Waals surface area contributed by atoms with E-state index < -0.39 is 0 Å². The first-order valence-corrected chi connectivity index (χ1v) is 7.85. The molecule has 0 spiro atoms. The van der Waals surface area contributed by atoms with Crippen molar-refractivity contribution in [2.75, 3.05) is 6.54 Å². The third-order valence-electron chi connectivity index (χ3n) is 3.60. The molecule has 0 aromatic rings. The summed E-state index contributed by atoms with van der Waals surface area (Å²) in [6.07, 6.45) is 11.4. The molecular formula is C16H35N. The van der Waals surface area contributed by atoms with Crippen LogP contribution in [-0.4, -0.2) is 23.5 Å². The molecule has 1 heteroatoms. The molecule has 0 aliphatic rings. The van der Waals surface area contributed by atoms with Gasteiger partial charge in [-0.3, -0.25) is 4.90 Å². The van der Waals surface area contributed by atoms with Crippen molar-refractivity contribution in [1.82, 2.24) is 4.90 Å². The second-order valence-electron chi connectivity index (χ2n) is 5.90. The van der Waals surface area contributed by atoms with Crippen LogP contribution in [0.15, 0.2) is 0 Å². The molecule has 0 unspecified atom stereocenters. The van der Waals surface area contributed by atoms with Crippen LogP contribution in [0.1, 0.15) is 86.0 Å². The molecule has 0 saturated carbocycles. The van der Waals surface area contributed by atoms with Crippen molar-refractivity contribution in [3.63, 3.8) is 0 Å². The van der Waals surface area contributed by atoms with Crippen molar-refractivity contribution in [2.45, 2.75) is 98.1 Å². The average molecular weight is 241 g/mol. The van der Waals surface area contributed by atoms with Crippen LogP contribution in [0.3, 0.4) is 0 Å². The lowest BCUT2D eigenvalue weighted by Gasteiger charge is -2.30. The third kappa shape index (κ3) is 9.64. The van der Waals surface area contributed by atoms with Gasteiger partial charge in [-0.2, -0.15) is 0 Å². The fourth-order valence-electron chi connectivity index (χ4n) is 2.54. The van der Waals surface area contributed by atoms with Gasteiger partial charge >= 0.3 is 0 Å². The van der Waals surface area contributed by atoms with Gasteiger partial charge in [-0.1, -0.05) is 51.9 Å². The van der Waals surface area contributed by atoms with E-state index in [0.717, 1.165) is 0 Å². The molecule has 0 heterocycles. The lowest BCUT2D eigenvalue weighted by molar-refractivity contribution is 0.171. The van der Waals surface area contributed by atoms with Crippen LogP contribution in [0, 0.1) is 0 Å². The zero-order valence-electron chi connectivity index (χ0n) is 13.0. The topological polar surface area (TPSA) is 3.24 Å². The summed E-state index contributed by atoms with van der Waals surface area (Å²) < 4.78 is 0. The monoisotopic (exact) mass is 241 g/mol. The third-order valence-corrected chi connectivity index (χ3v) is 3.60. The van der Waals surface area contributed by atoms with Gasteiger partial charge in [0.05, 0.1) is 0 Å². The molecule has 17 heavy (non-hydrogen) atoms. The highest BCUT2D eigenvalue weighted by Gasteiger charge is 2.11. The van der Waals surface area contributed by atoms with E-state index in [1.807, 2.05) is 0 Å². The van der Waals surface area contributed by atoms with Crippen LogP contribution in [0.4, 0.5) is 0 Å². The van der Waals surface area contributed by atoms with Gasteiger partial charge in [-0.25, -0.2) is 0 Å². The summed E-state index contributed by atoms with van der Waals surface area (Å²) in [6.45, 7) is 12.8. The molecule has 0 N–H and O–H groups in total. The zero-order chi connectivity index (χ0) is 13.1. The summed E-state index contributed by atoms with van der Waals surface area (Å²) >= 11 is 0. The fourth-order valence-corrected chi connectivity index (χ4v) is 2.54. The predicted octanol–water partition coefficient (Wildman–Crippen LogP) is 5.25. The lowest BCUT2D eigenvalue weighted by atomic mass is 10.1. The Morgan fingerprint density at radius 2 is 1.06 bits per heavy atom. The molecule has 104 valence electrons. The SMILES string of the molecule is CCCCCCCCCCN(C(C)C)C(C)C. The molecule has 0 saturated heterocycles. The fraction of sp³-hybridized carbons (Fsp3) is 1.00. The molecule has 0 rings (SSSR count). The molecule has 0 aliphatic heterocycles. The number of nitrogens with zero attached hydrogens (tertiary/aromatic N) is 1. The lowest BCUT2D eigenvalue weighted by Crippen LogP contribution is -2.37. The average Bonchev–Trinajstić information content (AvgIpc) is 2.26. The maximum absolute atomic E-state index is 2.61. The van der Waals surface area contributed by atoms with Crippen molar-refractivity contribution >= 4 is 0 Å². The Labute approximate surface area is 110 Å². The number of unbranched alkanes of at least 4 members (excludes halogenated alkanes) is 7. The molecule has 0 fully saturated rings. The van der Waals surface area contributed by atoms with Crippen LogP contribution < -0.4 is 0 Å². The Morgan fingerprint density at radius 3 is 1.47 bits per heavy atom. The van der Waals surface area contributed by atoms with Crippen LogP contribution in [0.2, 0.25) is 0 Å². The van der Waals surface area contributed by atoms with Crippen molar-refractivity contribution < 1.29 is 0 Å². The minimum atomic E-state index is 0.694. The van der Waals surface area contributed by atoms with E-state index in [1.54, 1.807) is 0 Å². The minimum absolute atomic E-state index is 0.694. The van der Waals surface area contributed by atoms with E-state index in [0.29, 0.717) is 12.1 Å². The van der Waals surface area contributed by atoms with Crippen LogP contribution >= 0.6 is 0 Å². The summed E-state index contributed by atoms with van der Waals surface area (Å²) in [4.78, 5) is 2.61. The normalized spacial score (nSPS) is 12.0. The van der Waals surface area contributed by atoms with Crippen LogP contribution in [0.5, 0.6) is 0 Å². The Morgan fingerprint density at radius 1 is 0.647 bits per heavy atom. The van der Waals surface area contributed by atoms with Gasteiger partial charge in [-0.15, -0.1) is 0 Å². The van der Waals surface area contributed by atoms with E-state index >= 15 is 0 Å². The number of hydrogen-bond acceptors (Lipinski definition) is 1. The smallest absolute Gasteiger partial charge is 0.00412 e. The first kappa shape index (κ1) is 17.0. The standard InChI is InChI=1S/C16H35N/c1-6-7-8-9-10-11-12-13-14-17(15(2)3)16(4)5/h15-16H,6-14H2,1-5H3. The van der Waals surface area contributed by atoms with E-state index in [-0.39, 0.29) is 0 Å². The van der Waals surface area contributed by atoms with Gasteiger partial charge in [0.1, 0.15) is 0 Å². The summed E-state index contributed by atoms with van der Waals surface area (Å²) in [5.74, 6) is 0. The van der Waals surface area contributed by atoms with Crippen molar-refractivity contribution in [3.05, 3.63) is 0 Å². The van der Waals surface area contributed by atoms with Gasteiger partial charge in [0.15, 0.2) is 0 Å². The van der Waals surface area contributed by atoms with E-state index in [1.165, 1.54) is 57.9 Å². The minimum Gasteiger partial charge on any atom is -0.299 e.